The molecule has 140 valence electrons. The van der Waals surface area contributed by atoms with Crippen molar-refractivity contribution in [1.82, 2.24) is 14.8 Å². The highest BCUT2D eigenvalue weighted by atomic mass is 35.5. The van der Waals surface area contributed by atoms with E-state index in [0.717, 1.165) is 16.0 Å². The fourth-order valence-electron chi connectivity index (χ4n) is 2.72. The number of thiophene rings is 1. The zero-order valence-corrected chi connectivity index (χ0v) is 16.7. The molecule has 0 aliphatic carbocycles. The van der Waals surface area contributed by atoms with Gasteiger partial charge in [-0.1, -0.05) is 53.6 Å². The molecule has 0 atom stereocenters. The number of nitrogens with one attached hydrogen (secondary N) is 1. The Hall–Kier alpha value is -2.96. The largest absolute Gasteiger partial charge is 0.349 e. The predicted molar refractivity (Wildman–Crippen MR) is 113 cm³/mol. The number of anilines is 1. The van der Waals surface area contributed by atoms with Crippen molar-refractivity contribution >= 4 is 34.8 Å². The second-order valence-corrected chi connectivity index (χ2v) is 7.75. The summed E-state index contributed by atoms with van der Waals surface area (Å²) in [5, 5.41) is 10.2. The monoisotopic (exact) mass is 408 g/mol. The molecule has 5 nitrogen and oxygen atoms in total. The van der Waals surface area contributed by atoms with E-state index in [0.29, 0.717) is 28.9 Å². The maximum absolute atomic E-state index is 13.0. The first-order chi connectivity index (χ1) is 13.6. The topological polar surface area (TPSA) is 59.8 Å². The Bertz CT molecular complexity index is 1100. The van der Waals surface area contributed by atoms with Crippen LogP contribution in [-0.4, -0.2) is 20.7 Å². The zero-order valence-electron chi connectivity index (χ0n) is 15.1. The van der Waals surface area contributed by atoms with Crippen LogP contribution in [0.15, 0.2) is 66.0 Å². The number of hydrogen-bond acceptors (Lipinski definition) is 5. The molecular weight excluding hydrogens is 392 g/mol. The lowest BCUT2D eigenvalue weighted by Gasteiger charge is -2.06. The van der Waals surface area contributed by atoms with Gasteiger partial charge in [0.25, 0.3) is 5.91 Å². The molecule has 0 bridgehead atoms. The molecule has 0 radical (unpaired) electrons. The van der Waals surface area contributed by atoms with Crippen LogP contribution in [-0.2, 0) is 6.54 Å². The lowest BCUT2D eigenvalue weighted by molar-refractivity contribution is 0.0947. The molecule has 1 N–H and O–H groups in total. The van der Waals surface area contributed by atoms with Crippen LogP contribution in [0.1, 0.15) is 20.8 Å². The number of aryl methyl sites for hydroxylation is 1. The van der Waals surface area contributed by atoms with Crippen molar-refractivity contribution in [3.8, 4) is 11.4 Å². The van der Waals surface area contributed by atoms with E-state index in [2.05, 4.69) is 15.4 Å². The van der Waals surface area contributed by atoms with Gasteiger partial charge in [0.15, 0.2) is 5.82 Å². The highest BCUT2D eigenvalue weighted by Crippen LogP contribution is 2.21. The van der Waals surface area contributed by atoms with Crippen LogP contribution >= 0.6 is 22.9 Å². The number of rotatable bonds is 5. The molecule has 7 heteroatoms. The molecule has 0 aliphatic heterocycles. The molecule has 0 aliphatic rings. The van der Waals surface area contributed by atoms with E-state index in [1.54, 1.807) is 35.6 Å². The zero-order chi connectivity index (χ0) is 19.5. The molecule has 0 fully saturated rings. The Labute approximate surface area is 171 Å². The summed E-state index contributed by atoms with van der Waals surface area (Å²) in [5.74, 6) is 0.597. The van der Waals surface area contributed by atoms with Crippen LogP contribution in [0.4, 0.5) is 5.95 Å². The number of aromatic nitrogens is 3. The maximum Gasteiger partial charge on any atom is 0.281 e. The van der Waals surface area contributed by atoms with Crippen LogP contribution in [0.5, 0.6) is 0 Å². The summed E-state index contributed by atoms with van der Waals surface area (Å²) in [7, 11) is 0. The molecule has 0 saturated carbocycles. The number of nitrogens with zero attached hydrogens (tertiary/aromatic N) is 3. The van der Waals surface area contributed by atoms with Crippen molar-refractivity contribution in [1.29, 1.82) is 0 Å². The highest BCUT2D eigenvalue weighted by Gasteiger charge is 2.19. The van der Waals surface area contributed by atoms with E-state index in [-0.39, 0.29) is 5.91 Å². The standard InChI is InChI=1S/C21H17ClN4OS/c1-14-7-9-15(10-8-14)19-24-21(23-13-18-6-3-11-28-18)26(25-19)20(27)16-4-2-5-17(22)12-16/h2-12H,13H2,1H3,(H,23,24,25). The van der Waals surface area contributed by atoms with E-state index in [4.69, 9.17) is 11.6 Å². The van der Waals surface area contributed by atoms with Crippen molar-refractivity contribution in [3.63, 3.8) is 0 Å². The molecule has 4 rings (SSSR count). The fourth-order valence-corrected chi connectivity index (χ4v) is 3.55. The van der Waals surface area contributed by atoms with Crippen LogP contribution in [0.3, 0.4) is 0 Å². The van der Waals surface area contributed by atoms with Crippen LogP contribution < -0.4 is 5.32 Å². The van der Waals surface area contributed by atoms with Gasteiger partial charge in [0.05, 0.1) is 6.54 Å². The molecule has 4 aromatic rings. The highest BCUT2D eigenvalue weighted by molar-refractivity contribution is 7.09. The van der Waals surface area contributed by atoms with Gasteiger partial charge < -0.3 is 5.32 Å². The number of carbonyl (C=O) groups excluding carboxylic acids is 1. The molecule has 28 heavy (non-hydrogen) atoms. The maximum atomic E-state index is 13.0. The van der Waals surface area contributed by atoms with E-state index in [1.165, 1.54) is 4.68 Å². The predicted octanol–water partition coefficient (Wildman–Crippen LogP) is 5.27. The first kappa shape index (κ1) is 18.4. The molecule has 2 aromatic heterocycles. The summed E-state index contributed by atoms with van der Waals surface area (Å²) in [6.45, 7) is 2.58. The Balaban J connectivity index is 1.71. The second kappa shape index (κ2) is 7.96. The van der Waals surface area contributed by atoms with Crippen molar-refractivity contribution in [2.45, 2.75) is 13.5 Å². The lowest BCUT2D eigenvalue weighted by Crippen LogP contribution is -2.17. The van der Waals surface area contributed by atoms with Gasteiger partial charge in [0, 0.05) is 21.0 Å². The first-order valence-corrected chi connectivity index (χ1v) is 9.96. The molecule has 2 heterocycles. The van der Waals surface area contributed by atoms with Crippen molar-refractivity contribution in [2.75, 3.05) is 5.32 Å². The van der Waals surface area contributed by atoms with Gasteiger partial charge in [-0.05, 0) is 36.6 Å². The summed E-state index contributed by atoms with van der Waals surface area (Å²) >= 11 is 7.69. The van der Waals surface area contributed by atoms with Gasteiger partial charge in [0.2, 0.25) is 5.95 Å². The van der Waals surface area contributed by atoms with Gasteiger partial charge in [-0.2, -0.15) is 9.67 Å². The quantitative estimate of drug-likeness (QED) is 0.488. The van der Waals surface area contributed by atoms with Gasteiger partial charge >= 0.3 is 0 Å². The van der Waals surface area contributed by atoms with E-state index < -0.39 is 0 Å². The normalized spacial score (nSPS) is 10.8. The molecular formula is C21H17ClN4OS. The molecule has 0 amide bonds. The summed E-state index contributed by atoms with van der Waals surface area (Å²) in [6.07, 6.45) is 0. The first-order valence-electron chi connectivity index (χ1n) is 8.71. The van der Waals surface area contributed by atoms with Gasteiger partial charge in [-0.15, -0.1) is 16.4 Å². The smallest absolute Gasteiger partial charge is 0.281 e. The average Bonchev–Trinajstić information content (AvgIpc) is 3.36. The molecule has 0 saturated heterocycles. The van der Waals surface area contributed by atoms with Crippen molar-refractivity contribution < 1.29 is 4.79 Å². The third kappa shape index (κ3) is 3.98. The number of benzene rings is 2. The SMILES string of the molecule is Cc1ccc(-c2nc(NCc3cccs3)n(C(=O)c3cccc(Cl)c3)n2)cc1. The number of halogens is 1. The third-order valence-electron chi connectivity index (χ3n) is 4.18. The van der Waals surface area contributed by atoms with E-state index in [9.17, 15) is 4.79 Å². The van der Waals surface area contributed by atoms with Crippen LogP contribution in [0.2, 0.25) is 5.02 Å². The van der Waals surface area contributed by atoms with Crippen LogP contribution in [0, 0.1) is 6.92 Å². The Morgan fingerprint density at radius 2 is 1.96 bits per heavy atom. The minimum absolute atomic E-state index is 0.290. The Kier molecular flexibility index (Phi) is 5.23. The third-order valence-corrected chi connectivity index (χ3v) is 5.29. The van der Waals surface area contributed by atoms with Gasteiger partial charge in [-0.25, -0.2) is 0 Å². The number of hydrogen-bond donors (Lipinski definition) is 1. The molecule has 2 aromatic carbocycles. The summed E-state index contributed by atoms with van der Waals surface area (Å²) in [4.78, 5) is 18.8. The number of carbonyl (C=O) groups is 1. The van der Waals surface area contributed by atoms with Crippen molar-refractivity contribution in [2.24, 2.45) is 0 Å². The minimum Gasteiger partial charge on any atom is -0.349 e. The molecule has 0 unspecified atom stereocenters. The van der Waals surface area contributed by atoms with Crippen molar-refractivity contribution in [3.05, 3.63) is 87.1 Å². The Morgan fingerprint density at radius 1 is 1.14 bits per heavy atom. The van der Waals surface area contributed by atoms with Crippen LogP contribution in [0.25, 0.3) is 11.4 Å². The summed E-state index contributed by atoms with van der Waals surface area (Å²) < 4.78 is 1.30. The average molecular weight is 409 g/mol. The van der Waals surface area contributed by atoms with E-state index in [1.807, 2.05) is 48.7 Å². The molecule has 0 spiro atoms. The van der Waals surface area contributed by atoms with Gasteiger partial charge in [0.1, 0.15) is 0 Å². The minimum atomic E-state index is -0.290. The lowest BCUT2D eigenvalue weighted by atomic mass is 10.1. The van der Waals surface area contributed by atoms with Gasteiger partial charge in [-0.3, -0.25) is 4.79 Å². The van der Waals surface area contributed by atoms with E-state index >= 15 is 0 Å². The summed E-state index contributed by atoms with van der Waals surface area (Å²) in [6, 6.07) is 18.7. The summed E-state index contributed by atoms with van der Waals surface area (Å²) in [5.41, 5.74) is 2.45. The Morgan fingerprint density at radius 3 is 2.68 bits per heavy atom. The fraction of sp³-hybridized carbons (Fsp3) is 0.0952. The second-order valence-electron chi connectivity index (χ2n) is 6.29.